The van der Waals surface area contributed by atoms with E-state index in [2.05, 4.69) is 21.7 Å². The second-order valence-electron chi connectivity index (χ2n) is 7.39. The van der Waals surface area contributed by atoms with Crippen LogP contribution in [0.15, 0.2) is 4.99 Å². The Morgan fingerprint density at radius 2 is 2.12 bits per heavy atom. The van der Waals surface area contributed by atoms with Crippen molar-refractivity contribution < 1.29 is 13.2 Å². The summed E-state index contributed by atoms with van der Waals surface area (Å²) in [7, 11) is -2.88. The molecule has 0 amide bonds. The van der Waals surface area contributed by atoms with Gasteiger partial charge in [-0.3, -0.25) is 4.99 Å². The number of hydrogen-bond acceptors (Lipinski definition) is 5. The highest BCUT2D eigenvalue weighted by Crippen LogP contribution is 2.25. The first kappa shape index (κ1) is 18.5. The lowest BCUT2D eigenvalue weighted by Crippen LogP contribution is -2.47. The monoisotopic (exact) mass is 368 g/mol. The van der Waals surface area contributed by atoms with Gasteiger partial charge >= 0.3 is 0 Å². The summed E-state index contributed by atoms with van der Waals surface area (Å²) in [6, 6.07) is 2.49. The third-order valence-electron chi connectivity index (χ3n) is 5.36. The summed E-state index contributed by atoms with van der Waals surface area (Å²) >= 11 is 0. The molecule has 0 radical (unpaired) electrons. The number of nitriles is 1. The summed E-state index contributed by atoms with van der Waals surface area (Å²) in [4.78, 5) is 4.63. The summed E-state index contributed by atoms with van der Waals surface area (Å²) in [5.74, 6) is 1.31. The van der Waals surface area contributed by atoms with Gasteiger partial charge in [0.25, 0.3) is 0 Å². The van der Waals surface area contributed by atoms with Crippen LogP contribution in [0.3, 0.4) is 0 Å². The van der Waals surface area contributed by atoms with Gasteiger partial charge in [0.15, 0.2) is 15.8 Å². The first-order chi connectivity index (χ1) is 12.1. The molecule has 1 saturated carbocycles. The minimum Gasteiger partial charge on any atom is -0.376 e. The zero-order valence-corrected chi connectivity index (χ0v) is 15.4. The highest BCUT2D eigenvalue weighted by atomic mass is 32.2. The average Bonchev–Trinajstić information content (AvgIpc) is 3.31. The third-order valence-corrected chi connectivity index (χ3v) is 7.20. The Kier molecular flexibility index (Phi) is 6.18. The normalized spacial score (nSPS) is 34.8. The number of nitrogens with one attached hydrogen (secondary N) is 2. The molecule has 0 aromatic carbocycles. The fourth-order valence-corrected chi connectivity index (χ4v) is 5.72. The maximum atomic E-state index is 11.6. The molecule has 3 fully saturated rings. The maximum absolute atomic E-state index is 11.6. The van der Waals surface area contributed by atoms with Crippen LogP contribution < -0.4 is 10.6 Å². The van der Waals surface area contributed by atoms with Crippen LogP contribution in [-0.2, 0) is 14.6 Å². The largest absolute Gasteiger partial charge is 0.376 e. The Morgan fingerprint density at radius 3 is 2.80 bits per heavy atom. The van der Waals surface area contributed by atoms with Crippen molar-refractivity contribution >= 4 is 15.8 Å². The zero-order chi connectivity index (χ0) is 17.7. The lowest BCUT2D eigenvalue weighted by molar-refractivity contribution is 0.113. The molecule has 0 aromatic rings. The molecule has 2 aliphatic heterocycles. The van der Waals surface area contributed by atoms with Crippen molar-refractivity contribution in [1.29, 1.82) is 5.26 Å². The van der Waals surface area contributed by atoms with Crippen molar-refractivity contribution in [3.8, 4) is 6.07 Å². The molecule has 7 nitrogen and oxygen atoms in total. The molecule has 2 saturated heterocycles. The summed E-state index contributed by atoms with van der Waals surface area (Å²) in [6.07, 6.45) is 5.97. The maximum Gasteiger partial charge on any atom is 0.191 e. The smallest absolute Gasteiger partial charge is 0.191 e. The van der Waals surface area contributed by atoms with Gasteiger partial charge in [-0.25, -0.2) is 8.42 Å². The molecule has 4 unspecified atom stereocenters. The van der Waals surface area contributed by atoms with E-state index < -0.39 is 9.84 Å². The number of ether oxygens (including phenoxy) is 1. The fourth-order valence-electron chi connectivity index (χ4n) is 3.87. The third kappa shape index (κ3) is 5.32. The second kappa shape index (κ2) is 8.37. The molecular weight excluding hydrogens is 340 g/mol. The van der Waals surface area contributed by atoms with E-state index in [9.17, 15) is 13.7 Å². The Balaban J connectivity index is 1.58. The molecule has 3 rings (SSSR count). The lowest BCUT2D eigenvalue weighted by atomic mass is 10.1. The Bertz CT molecular complexity index is 622. The predicted octanol–water partition coefficient (Wildman–Crippen LogP) is 0.828. The summed E-state index contributed by atoms with van der Waals surface area (Å²) in [5, 5.41) is 16.0. The summed E-state index contributed by atoms with van der Waals surface area (Å²) < 4.78 is 28.9. The quantitative estimate of drug-likeness (QED) is 0.550. The van der Waals surface area contributed by atoms with Crippen LogP contribution in [0.5, 0.6) is 0 Å². The van der Waals surface area contributed by atoms with Gasteiger partial charge in [0.1, 0.15) is 0 Å². The lowest BCUT2D eigenvalue weighted by Gasteiger charge is -2.21. The van der Waals surface area contributed by atoms with E-state index in [1.807, 2.05) is 0 Å². The zero-order valence-electron chi connectivity index (χ0n) is 14.6. The van der Waals surface area contributed by atoms with Crippen molar-refractivity contribution in [2.45, 2.75) is 50.7 Å². The molecule has 0 bridgehead atoms. The molecule has 2 heterocycles. The van der Waals surface area contributed by atoms with Crippen molar-refractivity contribution in [3.63, 3.8) is 0 Å². The predicted molar refractivity (Wildman–Crippen MR) is 95.9 cm³/mol. The standard InChI is InChI=1S/C17H28N4O3S/c18-9-14-3-1-5-16(14)21-17(20-11-15-4-2-7-24-15)19-10-13-6-8-25(22,23)12-13/h13-16H,1-8,10-12H2,(H2,19,20,21). The summed E-state index contributed by atoms with van der Waals surface area (Å²) in [6.45, 7) is 2.01. The van der Waals surface area contributed by atoms with Crippen LogP contribution in [0.4, 0.5) is 0 Å². The van der Waals surface area contributed by atoms with Gasteiger partial charge in [-0.2, -0.15) is 5.26 Å². The Hall–Kier alpha value is -1.33. The summed E-state index contributed by atoms with van der Waals surface area (Å²) in [5.41, 5.74) is 0. The SMILES string of the molecule is N#CC1CCCC1NC(=NCC1CCS(=O)(=O)C1)NCC1CCCO1. The average molecular weight is 369 g/mol. The van der Waals surface area contributed by atoms with Gasteiger partial charge in [0.05, 0.1) is 29.6 Å². The van der Waals surface area contributed by atoms with Crippen molar-refractivity contribution in [3.05, 3.63) is 0 Å². The number of guanidine groups is 1. The first-order valence-electron chi connectivity index (χ1n) is 9.32. The minimum atomic E-state index is -2.88. The van der Waals surface area contributed by atoms with Gasteiger partial charge in [-0.15, -0.1) is 0 Å². The topological polar surface area (TPSA) is 104 Å². The van der Waals surface area contributed by atoms with Crippen LogP contribution in [-0.4, -0.2) is 57.7 Å². The Morgan fingerprint density at radius 1 is 1.24 bits per heavy atom. The molecule has 0 spiro atoms. The molecule has 8 heteroatoms. The molecule has 3 aliphatic rings. The number of rotatable bonds is 5. The number of aliphatic imine (C=N–C) groups is 1. The highest BCUT2D eigenvalue weighted by Gasteiger charge is 2.30. The van der Waals surface area contributed by atoms with Crippen molar-refractivity contribution in [2.24, 2.45) is 16.8 Å². The van der Waals surface area contributed by atoms with E-state index in [-0.39, 0.29) is 35.5 Å². The van der Waals surface area contributed by atoms with E-state index in [1.165, 1.54) is 0 Å². The van der Waals surface area contributed by atoms with Gasteiger partial charge in [0.2, 0.25) is 0 Å². The fraction of sp³-hybridized carbons (Fsp3) is 0.882. The van der Waals surface area contributed by atoms with E-state index in [0.29, 0.717) is 25.5 Å². The molecule has 1 aliphatic carbocycles. The number of sulfone groups is 1. The van der Waals surface area contributed by atoms with Crippen molar-refractivity contribution in [2.75, 3.05) is 31.2 Å². The van der Waals surface area contributed by atoms with E-state index in [0.717, 1.165) is 38.7 Å². The molecule has 2 N–H and O–H groups in total. The molecular formula is C17H28N4O3S. The molecule has 0 aromatic heterocycles. The van der Waals surface area contributed by atoms with Crippen molar-refractivity contribution in [1.82, 2.24) is 10.6 Å². The van der Waals surface area contributed by atoms with Gasteiger partial charge in [0, 0.05) is 25.7 Å². The highest BCUT2D eigenvalue weighted by molar-refractivity contribution is 7.91. The van der Waals surface area contributed by atoms with Gasteiger partial charge in [-0.1, -0.05) is 0 Å². The van der Waals surface area contributed by atoms with Crippen LogP contribution in [0.25, 0.3) is 0 Å². The minimum absolute atomic E-state index is 0.0154. The van der Waals surface area contributed by atoms with Crippen LogP contribution in [0.1, 0.15) is 38.5 Å². The van der Waals surface area contributed by atoms with Gasteiger partial charge in [-0.05, 0) is 44.4 Å². The van der Waals surface area contributed by atoms with Crippen LogP contribution >= 0.6 is 0 Å². The van der Waals surface area contributed by atoms with Gasteiger partial charge < -0.3 is 15.4 Å². The first-order valence-corrected chi connectivity index (χ1v) is 11.1. The molecule has 140 valence electrons. The number of nitrogens with zero attached hydrogens (tertiary/aromatic N) is 2. The molecule has 4 atom stereocenters. The molecule has 25 heavy (non-hydrogen) atoms. The Labute approximate surface area is 150 Å². The number of hydrogen-bond donors (Lipinski definition) is 2. The van der Waals surface area contributed by atoms with Crippen LogP contribution in [0.2, 0.25) is 0 Å². The van der Waals surface area contributed by atoms with E-state index >= 15 is 0 Å². The van der Waals surface area contributed by atoms with E-state index in [4.69, 9.17) is 4.74 Å². The van der Waals surface area contributed by atoms with Crippen LogP contribution in [0, 0.1) is 23.2 Å². The van der Waals surface area contributed by atoms with E-state index in [1.54, 1.807) is 0 Å². The second-order valence-corrected chi connectivity index (χ2v) is 9.62.